The van der Waals surface area contributed by atoms with Crippen molar-refractivity contribution in [3.05, 3.63) is 35.5 Å². The molecule has 1 aromatic rings. The van der Waals surface area contributed by atoms with E-state index in [1.807, 2.05) is 24.3 Å². The van der Waals surface area contributed by atoms with Crippen molar-refractivity contribution >= 4 is 28.1 Å². The minimum atomic E-state index is -1.34. The van der Waals surface area contributed by atoms with Crippen LogP contribution in [0.4, 0.5) is 0 Å². The number of benzene rings is 1. The highest BCUT2D eigenvalue weighted by Gasteiger charge is 2.10. The van der Waals surface area contributed by atoms with Crippen LogP contribution in [-0.2, 0) is 0 Å². The van der Waals surface area contributed by atoms with Gasteiger partial charge in [0.2, 0.25) is 0 Å². The Balaban J connectivity index is 2.86. The molecule has 0 amide bonds. The molecule has 1 aromatic carbocycles. The zero-order valence-corrected chi connectivity index (χ0v) is 10.4. The minimum absolute atomic E-state index is 0.338. The lowest BCUT2D eigenvalue weighted by atomic mass is 10.2. The first-order valence-corrected chi connectivity index (χ1v) is 9.48. The van der Waals surface area contributed by atoms with E-state index < -0.39 is 6.69 Å². The number of para-hydroxylation sites is 1. The predicted octanol–water partition coefficient (Wildman–Crippen LogP) is 3.54. The summed E-state index contributed by atoms with van der Waals surface area (Å²) in [6.45, 7) is 3.03. The third-order valence-corrected chi connectivity index (χ3v) is 3.35. The first kappa shape index (κ1) is 10.5. The number of halogens is 1. The van der Waals surface area contributed by atoms with E-state index in [2.05, 4.69) is 34.1 Å². The lowest BCUT2D eigenvalue weighted by Gasteiger charge is -2.05. The van der Waals surface area contributed by atoms with Crippen molar-refractivity contribution in [1.29, 1.82) is 0 Å². The van der Waals surface area contributed by atoms with Crippen LogP contribution in [0.5, 0.6) is 5.75 Å². The quantitative estimate of drug-likeness (QED) is 0.634. The maximum Gasteiger partial charge on any atom is 0.147 e. The molecule has 0 fully saturated rings. The van der Waals surface area contributed by atoms with Gasteiger partial charge in [-0.25, -0.2) is 0 Å². The van der Waals surface area contributed by atoms with Gasteiger partial charge in [0.15, 0.2) is 0 Å². The molecule has 1 nitrogen and oxygen atoms in total. The highest BCUT2D eigenvalue weighted by atomic mass is 79.9. The van der Waals surface area contributed by atoms with Crippen molar-refractivity contribution in [2.24, 2.45) is 0 Å². The Kier molecular flexibility index (Phi) is 3.33. The molecule has 0 bridgehead atoms. The van der Waals surface area contributed by atoms with Crippen LogP contribution in [0.2, 0.25) is 13.1 Å². The first-order valence-electron chi connectivity index (χ1n) is 4.15. The highest BCUT2D eigenvalue weighted by Crippen LogP contribution is 2.20. The highest BCUT2D eigenvalue weighted by molar-refractivity contribution is 9.26. The van der Waals surface area contributed by atoms with Crippen molar-refractivity contribution in [2.45, 2.75) is 13.1 Å². The zero-order valence-electron chi connectivity index (χ0n) is 7.79. The van der Waals surface area contributed by atoms with E-state index in [1.165, 1.54) is 0 Å². The summed E-state index contributed by atoms with van der Waals surface area (Å²) in [5, 5.41) is 9.46. The van der Waals surface area contributed by atoms with Crippen LogP contribution in [0.25, 0.3) is 6.08 Å². The SMILES string of the molecule is C[Si](C)(Br)C=Cc1ccccc1O. The molecule has 0 aromatic heterocycles. The van der Waals surface area contributed by atoms with Crippen LogP contribution in [0.3, 0.4) is 0 Å². The molecular formula is C10H13BrOSi. The number of rotatable bonds is 2. The molecule has 0 spiro atoms. The molecule has 1 rings (SSSR count). The van der Waals surface area contributed by atoms with Gasteiger partial charge in [-0.2, -0.15) is 0 Å². The van der Waals surface area contributed by atoms with Crippen LogP contribution < -0.4 is 0 Å². The predicted molar refractivity (Wildman–Crippen MR) is 63.5 cm³/mol. The Labute approximate surface area is 87.7 Å². The summed E-state index contributed by atoms with van der Waals surface area (Å²) in [7, 11) is 0. The van der Waals surface area contributed by atoms with Crippen LogP contribution in [0.1, 0.15) is 5.56 Å². The van der Waals surface area contributed by atoms with Crippen molar-refractivity contribution in [1.82, 2.24) is 0 Å². The third-order valence-electron chi connectivity index (χ3n) is 1.60. The van der Waals surface area contributed by atoms with Gasteiger partial charge in [-0.15, -0.1) is 15.3 Å². The second-order valence-electron chi connectivity index (χ2n) is 3.46. The Morgan fingerprint density at radius 3 is 2.46 bits per heavy atom. The molecule has 0 saturated carbocycles. The molecule has 3 heteroatoms. The fourth-order valence-corrected chi connectivity index (χ4v) is 1.89. The molecule has 1 N–H and O–H groups in total. The number of hydrogen-bond donors (Lipinski definition) is 1. The number of phenolic OH excluding ortho intramolecular Hbond substituents is 1. The molecule has 13 heavy (non-hydrogen) atoms. The van der Waals surface area contributed by atoms with Gasteiger partial charge in [-0.1, -0.05) is 43.1 Å². The Morgan fingerprint density at radius 2 is 1.92 bits per heavy atom. The topological polar surface area (TPSA) is 20.2 Å². The van der Waals surface area contributed by atoms with Crippen LogP contribution in [-0.4, -0.2) is 11.8 Å². The summed E-state index contributed by atoms with van der Waals surface area (Å²) in [5.41, 5.74) is 3.02. The molecule has 0 saturated heterocycles. The smallest absolute Gasteiger partial charge is 0.147 e. The fourth-order valence-electron chi connectivity index (χ4n) is 0.916. The fraction of sp³-hybridized carbons (Fsp3) is 0.200. The molecule has 0 aliphatic heterocycles. The maximum atomic E-state index is 9.46. The normalized spacial score (nSPS) is 12.2. The minimum Gasteiger partial charge on any atom is -0.507 e. The molecule has 0 atom stereocenters. The second-order valence-corrected chi connectivity index (χ2v) is 13.1. The monoisotopic (exact) mass is 256 g/mol. The van der Waals surface area contributed by atoms with Crippen molar-refractivity contribution in [3.63, 3.8) is 0 Å². The van der Waals surface area contributed by atoms with E-state index >= 15 is 0 Å². The van der Waals surface area contributed by atoms with Crippen LogP contribution >= 0.6 is 15.3 Å². The summed E-state index contributed by atoms with van der Waals surface area (Å²) < 4.78 is 0. The molecule has 0 aliphatic rings. The number of phenols is 1. The summed E-state index contributed by atoms with van der Waals surface area (Å²) in [6.07, 6.45) is 1.97. The van der Waals surface area contributed by atoms with Crippen molar-refractivity contribution in [3.8, 4) is 5.75 Å². The second kappa shape index (κ2) is 4.11. The van der Waals surface area contributed by atoms with Gasteiger partial charge in [0.25, 0.3) is 0 Å². The summed E-state index contributed by atoms with van der Waals surface area (Å²) in [5.74, 6) is 0.338. The largest absolute Gasteiger partial charge is 0.507 e. The lowest BCUT2D eigenvalue weighted by molar-refractivity contribution is 0.474. The first-order chi connectivity index (χ1) is 5.99. The zero-order chi connectivity index (χ0) is 9.90. The molecule has 0 unspecified atom stereocenters. The van der Waals surface area contributed by atoms with Crippen LogP contribution in [0.15, 0.2) is 30.0 Å². The van der Waals surface area contributed by atoms with Crippen LogP contribution in [0, 0.1) is 0 Å². The van der Waals surface area contributed by atoms with E-state index in [-0.39, 0.29) is 0 Å². The van der Waals surface area contributed by atoms with Gasteiger partial charge in [0.05, 0.1) is 0 Å². The Hall–Kier alpha value is -0.543. The summed E-state index contributed by atoms with van der Waals surface area (Å²) in [4.78, 5) is 0. The van der Waals surface area contributed by atoms with E-state index in [0.717, 1.165) is 5.56 Å². The van der Waals surface area contributed by atoms with Crippen molar-refractivity contribution < 1.29 is 5.11 Å². The van der Waals surface area contributed by atoms with E-state index in [9.17, 15) is 5.11 Å². The standard InChI is InChI=1S/C10H13BrOSi/c1-13(2,11)8-7-9-5-3-4-6-10(9)12/h3-8,12H,1-2H3. The number of hydrogen-bond acceptors (Lipinski definition) is 1. The van der Waals surface area contributed by atoms with Gasteiger partial charge in [0, 0.05) is 5.56 Å². The molecule has 0 heterocycles. The van der Waals surface area contributed by atoms with Gasteiger partial charge in [-0.3, -0.25) is 0 Å². The average Bonchev–Trinajstić information content (AvgIpc) is 2.01. The summed E-state index contributed by atoms with van der Waals surface area (Å²) >= 11 is 3.63. The van der Waals surface area contributed by atoms with Gasteiger partial charge >= 0.3 is 0 Å². The van der Waals surface area contributed by atoms with E-state index in [4.69, 9.17) is 0 Å². The molecule has 0 radical (unpaired) electrons. The third kappa shape index (κ3) is 3.78. The van der Waals surface area contributed by atoms with E-state index in [1.54, 1.807) is 6.07 Å². The Bertz CT molecular complexity index is 315. The van der Waals surface area contributed by atoms with Gasteiger partial charge in [-0.05, 0) is 6.07 Å². The molecular weight excluding hydrogens is 244 g/mol. The molecule has 0 aliphatic carbocycles. The Morgan fingerprint density at radius 1 is 1.31 bits per heavy atom. The average molecular weight is 257 g/mol. The maximum absolute atomic E-state index is 9.46. The lowest BCUT2D eigenvalue weighted by Crippen LogP contribution is -2.10. The van der Waals surface area contributed by atoms with E-state index in [0.29, 0.717) is 5.75 Å². The molecule has 70 valence electrons. The van der Waals surface area contributed by atoms with Gasteiger partial charge in [0.1, 0.15) is 12.4 Å². The van der Waals surface area contributed by atoms with Gasteiger partial charge < -0.3 is 5.11 Å². The summed E-state index contributed by atoms with van der Waals surface area (Å²) in [6, 6.07) is 7.34. The van der Waals surface area contributed by atoms with Crippen molar-refractivity contribution in [2.75, 3.05) is 0 Å². The number of aromatic hydroxyl groups is 1.